The van der Waals surface area contributed by atoms with Gasteiger partial charge in [-0.2, -0.15) is 0 Å². The van der Waals surface area contributed by atoms with Crippen LogP contribution in [0.2, 0.25) is 0 Å². The van der Waals surface area contributed by atoms with Gasteiger partial charge in [0.1, 0.15) is 12.3 Å². The molecule has 0 aliphatic heterocycles. The number of benzene rings is 4. The molecule has 37 heavy (non-hydrogen) atoms. The van der Waals surface area contributed by atoms with E-state index >= 15 is 0 Å². The molecular formula is C30H21BrN4O2. The normalized spacial score (nSPS) is 11.9. The molecule has 0 amide bonds. The van der Waals surface area contributed by atoms with Gasteiger partial charge in [0.15, 0.2) is 18.9 Å². The van der Waals surface area contributed by atoms with E-state index in [0.29, 0.717) is 17.6 Å². The number of halogens is 1. The highest BCUT2D eigenvalue weighted by Crippen LogP contribution is 2.34. The molecular weight excluding hydrogens is 528 g/mol. The van der Waals surface area contributed by atoms with Gasteiger partial charge in [-0.1, -0.05) is 36.4 Å². The van der Waals surface area contributed by atoms with Gasteiger partial charge in [0.25, 0.3) is 5.56 Å². The lowest BCUT2D eigenvalue weighted by Crippen LogP contribution is -3.00. The van der Waals surface area contributed by atoms with Gasteiger partial charge in [0.2, 0.25) is 0 Å². The largest absolute Gasteiger partial charge is 1.00 e. The Balaban J connectivity index is 0.00000252. The summed E-state index contributed by atoms with van der Waals surface area (Å²) in [6.45, 7) is 0.657. The Kier molecular flexibility index (Phi) is 5.67. The summed E-state index contributed by atoms with van der Waals surface area (Å²) < 4.78 is 3.67. The van der Waals surface area contributed by atoms with E-state index in [0.717, 1.165) is 49.2 Å². The molecule has 0 atom stereocenters. The van der Waals surface area contributed by atoms with Crippen molar-refractivity contribution in [3.63, 3.8) is 0 Å². The van der Waals surface area contributed by atoms with Crippen LogP contribution in [-0.2, 0) is 6.54 Å². The van der Waals surface area contributed by atoms with Crippen LogP contribution in [0.5, 0.6) is 0 Å². The SMILES string of the molecule is O=c1c2cccc3cc(N=Cc4cc[n+](CCO)cc4)cc(c32)c2nc3cccc4cccc(c43)n12.[Br-]. The Morgan fingerprint density at radius 3 is 2.46 bits per heavy atom. The molecule has 3 aromatic heterocycles. The highest BCUT2D eigenvalue weighted by Gasteiger charge is 2.17. The van der Waals surface area contributed by atoms with Gasteiger partial charge in [0.05, 0.1) is 16.7 Å². The molecule has 7 rings (SSSR count). The van der Waals surface area contributed by atoms with Gasteiger partial charge in [-0.25, -0.2) is 9.55 Å². The van der Waals surface area contributed by atoms with Crippen LogP contribution in [0.3, 0.4) is 0 Å². The number of hydrogen-bond donors (Lipinski definition) is 1. The van der Waals surface area contributed by atoms with Crippen LogP contribution < -0.4 is 27.1 Å². The average Bonchev–Trinajstić information content (AvgIpc) is 2.91. The highest BCUT2D eigenvalue weighted by molar-refractivity contribution is 6.18. The van der Waals surface area contributed by atoms with Crippen molar-refractivity contribution in [2.45, 2.75) is 6.54 Å². The van der Waals surface area contributed by atoms with E-state index in [4.69, 9.17) is 15.1 Å². The summed E-state index contributed by atoms with van der Waals surface area (Å²) in [4.78, 5) is 23.5. The number of rotatable bonds is 4. The highest BCUT2D eigenvalue weighted by atomic mass is 79.9. The van der Waals surface area contributed by atoms with Crippen LogP contribution in [0.25, 0.3) is 49.0 Å². The average molecular weight is 549 g/mol. The number of aromatic nitrogens is 3. The summed E-state index contributed by atoms with van der Waals surface area (Å²) in [5, 5.41) is 14.6. The molecule has 4 aromatic carbocycles. The number of fused-ring (bicyclic) bond motifs is 3. The number of aliphatic hydroxyl groups is 1. The minimum Gasteiger partial charge on any atom is -1.00 e. The summed E-state index contributed by atoms with van der Waals surface area (Å²) in [5.41, 5.74) is 4.04. The minimum absolute atomic E-state index is 0. The molecule has 0 unspecified atom stereocenters. The quantitative estimate of drug-likeness (QED) is 0.158. The number of aliphatic imine (C=N–C) groups is 1. The Hall–Kier alpha value is -4.20. The van der Waals surface area contributed by atoms with Gasteiger partial charge in [0, 0.05) is 45.5 Å². The number of nitrogens with zero attached hydrogens (tertiary/aromatic N) is 4. The van der Waals surface area contributed by atoms with E-state index < -0.39 is 0 Å². The van der Waals surface area contributed by atoms with Crippen LogP contribution in [0.1, 0.15) is 5.56 Å². The zero-order valence-electron chi connectivity index (χ0n) is 19.7. The summed E-state index contributed by atoms with van der Waals surface area (Å²) >= 11 is 0. The third kappa shape index (κ3) is 3.66. The lowest BCUT2D eigenvalue weighted by Gasteiger charge is -2.14. The van der Waals surface area contributed by atoms with Gasteiger partial charge >= 0.3 is 0 Å². The Bertz CT molecular complexity index is 2030. The monoisotopic (exact) mass is 548 g/mol. The molecule has 3 heterocycles. The van der Waals surface area contributed by atoms with E-state index in [1.165, 1.54) is 0 Å². The molecule has 0 saturated carbocycles. The van der Waals surface area contributed by atoms with Gasteiger partial charge < -0.3 is 22.1 Å². The van der Waals surface area contributed by atoms with E-state index in [9.17, 15) is 4.79 Å². The molecule has 0 saturated heterocycles. The number of hydrogen-bond acceptors (Lipinski definition) is 4. The van der Waals surface area contributed by atoms with Crippen molar-refractivity contribution in [2.24, 2.45) is 4.99 Å². The molecule has 0 aliphatic carbocycles. The zero-order valence-corrected chi connectivity index (χ0v) is 21.3. The van der Waals surface area contributed by atoms with Gasteiger partial charge in [-0.15, -0.1) is 0 Å². The Morgan fingerprint density at radius 2 is 1.65 bits per heavy atom. The van der Waals surface area contributed by atoms with E-state index in [2.05, 4.69) is 0 Å². The predicted octanol–water partition coefficient (Wildman–Crippen LogP) is 1.78. The second-order valence-electron chi connectivity index (χ2n) is 8.98. The Labute approximate surface area is 221 Å². The number of aliphatic hydroxyl groups excluding tert-OH is 1. The third-order valence-corrected chi connectivity index (χ3v) is 6.81. The van der Waals surface area contributed by atoms with Crippen molar-refractivity contribution in [1.29, 1.82) is 0 Å². The number of pyridine rings is 2. The second kappa shape index (κ2) is 9.03. The molecule has 6 nitrogen and oxygen atoms in total. The smallest absolute Gasteiger partial charge is 0.264 e. The molecule has 1 N–H and O–H groups in total. The Morgan fingerprint density at radius 1 is 0.892 bits per heavy atom. The van der Waals surface area contributed by atoms with Crippen LogP contribution >= 0.6 is 0 Å². The maximum Gasteiger partial charge on any atom is 0.264 e. The maximum atomic E-state index is 13.8. The molecule has 0 bridgehead atoms. The van der Waals surface area contributed by atoms with E-state index in [1.807, 2.05) is 102 Å². The topological polar surface area (TPSA) is 70.8 Å². The predicted molar refractivity (Wildman–Crippen MR) is 144 cm³/mol. The van der Waals surface area contributed by atoms with Crippen molar-refractivity contribution in [1.82, 2.24) is 9.38 Å². The van der Waals surface area contributed by atoms with Gasteiger partial charge in [-0.05, 0) is 41.1 Å². The standard InChI is InChI=1S/C30H21N4O2.BrH/c35-15-14-33-12-10-19(11-13-33)18-31-22-16-21-6-1-7-23-27(21)24(17-22)29-32-25-8-2-4-20-5-3-9-26(28(20)25)34(29)30(23)36;/h1-13,16-18,35H,14-15H2;1H/q+1;/p-1. The first-order chi connectivity index (χ1) is 17.7. The van der Waals surface area contributed by atoms with Crippen molar-refractivity contribution in [3.05, 3.63) is 107 Å². The fourth-order valence-corrected chi connectivity index (χ4v) is 5.18. The first kappa shape index (κ1) is 23.2. The van der Waals surface area contributed by atoms with Crippen LogP contribution in [0.15, 0.2) is 101 Å². The van der Waals surface area contributed by atoms with Gasteiger partial charge in [-0.3, -0.25) is 14.2 Å². The van der Waals surface area contributed by atoms with E-state index in [-0.39, 0.29) is 29.1 Å². The third-order valence-electron chi connectivity index (χ3n) is 6.81. The summed E-state index contributed by atoms with van der Waals surface area (Å²) in [5.74, 6) is 0. The van der Waals surface area contributed by atoms with Crippen LogP contribution in [0, 0.1) is 0 Å². The molecule has 0 aliphatic rings. The molecule has 180 valence electrons. The molecule has 7 aromatic rings. The van der Waals surface area contributed by atoms with Crippen LogP contribution in [-0.4, -0.2) is 27.3 Å². The fourth-order valence-electron chi connectivity index (χ4n) is 5.18. The second-order valence-corrected chi connectivity index (χ2v) is 8.98. The first-order valence-corrected chi connectivity index (χ1v) is 11.9. The molecule has 0 radical (unpaired) electrons. The summed E-state index contributed by atoms with van der Waals surface area (Å²) in [6, 6.07) is 25.9. The molecule has 7 heteroatoms. The lowest BCUT2D eigenvalue weighted by molar-refractivity contribution is -0.698. The summed E-state index contributed by atoms with van der Waals surface area (Å²) in [7, 11) is 0. The zero-order chi connectivity index (χ0) is 24.2. The maximum absolute atomic E-state index is 13.8. The fraction of sp³-hybridized carbons (Fsp3) is 0.0667. The van der Waals surface area contributed by atoms with Crippen molar-refractivity contribution >= 4 is 60.9 Å². The molecule has 0 spiro atoms. The minimum atomic E-state index is -0.0643. The summed E-state index contributed by atoms with van der Waals surface area (Å²) in [6.07, 6.45) is 5.67. The first-order valence-electron chi connectivity index (χ1n) is 11.9. The van der Waals surface area contributed by atoms with Crippen molar-refractivity contribution in [2.75, 3.05) is 6.61 Å². The van der Waals surface area contributed by atoms with E-state index in [1.54, 1.807) is 4.40 Å². The van der Waals surface area contributed by atoms with Crippen LogP contribution in [0.4, 0.5) is 5.69 Å². The molecule has 0 fully saturated rings. The lowest BCUT2D eigenvalue weighted by atomic mass is 10.0. The van der Waals surface area contributed by atoms with Crippen molar-refractivity contribution in [3.8, 4) is 0 Å². The van der Waals surface area contributed by atoms with Crippen molar-refractivity contribution < 1.29 is 26.7 Å².